The van der Waals surface area contributed by atoms with Gasteiger partial charge in [-0.3, -0.25) is 15.4 Å². The molecule has 0 aliphatic carbocycles. The maximum atomic E-state index is 11.8. The number of non-ortho nitro benzene ring substituents is 1. The zero-order valence-electron chi connectivity index (χ0n) is 15.0. The molecule has 1 aliphatic heterocycles. The maximum Gasteiger partial charge on any atom is 0.494 e. The molecule has 9 heteroatoms. The molecule has 1 amide bonds. The highest BCUT2D eigenvalue weighted by atomic mass is 16.7. The molecule has 1 saturated heterocycles. The fourth-order valence-corrected chi connectivity index (χ4v) is 2.54. The van der Waals surface area contributed by atoms with Gasteiger partial charge in [-0.15, -0.1) is 0 Å². The summed E-state index contributed by atoms with van der Waals surface area (Å²) >= 11 is 0. The van der Waals surface area contributed by atoms with Crippen molar-refractivity contribution in [2.75, 3.05) is 5.32 Å². The topological polar surface area (TPSA) is 99.9 Å². The van der Waals surface area contributed by atoms with Crippen molar-refractivity contribution in [3.63, 3.8) is 0 Å². The third-order valence-electron chi connectivity index (χ3n) is 4.28. The second kappa shape index (κ2) is 8.19. The lowest BCUT2D eigenvalue weighted by molar-refractivity contribution is -0.384. The second-order valence-corrected chi connectivity index (χ2v) is 6.26. The van der Waals surface area contributed by atoms with E-state index in [9.17, 15) is 14.9 Å². The van der Waals surface area contributed by atoms with Gasteiger partial charge in [-0.2, -0.15) is 0 Å². The number of nitro benzene ring substituents is 1. The van der Waals surface area contributed by atoms with Gasteiger partial charge in [0.25, 0.3) is 5.69 Å². The number of anilines is 1. The quantitative estimate of drug-likeness (QED) is 0.494. The average Bonchev–Trinajstić information content (AvgIpc) is 2.99. The normalized spacial score (nSPS) is 19.0. The van der Waals surface area contributed by atoms with Crippen molar-refractivity contribution in [3.05, 3.63) is 64.2 Å². The Kier molecular flexibility index (Phi) is 5.73. The van der Waals surface area contributed by atoms with Crippen LogP contribution in [0.3, 0.4) is 0 Å². The summed E-state index contributed by atoms with van der Waals surface area (Å²) in [5.41, 5.74) is 2.09. The molecule has 140 valence electrons. The minimum absolute atomic E-state index is 0.0427. The number of carbonyl (C=O) groups is 1. The number of nitrogens with zero attached hydrogens (tertiary/aromatic N) is 1. The highest BCUT2D eigenvalue weighted by molar-refractivity contribution is 6.61. The first-order valence-electron chi connectivity index (χ1n) is 8.50. The van der Waals surface area contributed by atoms with Crippen LogP contribution in [-0.2, 0) is 20.7 Å². The predicted molar refractivity (Wildman–Crippen MR) is 99.8 cm³/mol. The number of rotatable bonds is 5. The van der Waals surface area contributed by atoms with Gasteiger partial charge in [-0.1, -0.05) is 24.3 Å². The molecule has 0 spiro atoms. The molecular weight excluding hydrogens is 351 g/mol. The number of hydrogen-bond acceptors (Lipinski definition) is 6. The molecule has 1 heterocycles. The van der Waals surface area contributed by atoms with Crippen LogP contribution in [0.25, 0.3) is 0 Å². The largest absolute Gasteiger partial charge is 0.494 e. The molecule has 0 saturated carbocycles. The van der Waals surface area contributed by atoms with E-state index in [2.05, 4.69) is 5.32 Å². The van der Waals surface area contributed by atoms with E-state index in [0.29, 0.717) is 5.69 Å². The van der Waals surface area contributed by atoms with E-state index in [1.807, 2.05) is 38.1 Å². The van der Waals surface area contributed by atoms with Crippen molar-refractivity contribution in [2.24, 2.45) is 0 Å². The van der Waals surface area contributed by atoms with Crippen LogP contribution >= 0.6 is 0 Å². The number of ether oxygens (including phenoxy) is 1. The Balaban J connectivity index is 1.49. The Labute approximate surface area is 156 Å². The van der Waals surface area contributed by atoms with Crippen molar-refractivity contribution in [1.29, 1.82) is 0 Å². The van der Waals surface area contributed by atoms with Crippen LogP contribution < -0.4 is 10.8 Å². The molecule has 8 nitrogen and oxygen atoms in total. The van der Waals surface area contributed by atoms with Crippen molar-refractivity contribution in [3.8, 4) is 0 Å². The lowest BCUT2D eigenvalue weighted by Crippen LogP contribution is -2.32. The number of nitrogens with one attached hydrogen (secondary N) is 1. The number of hydrogen-bond donors (Lipinski definition) is 1. The van der Waals surface area contributed by atoms with Crippen LogP contribution in [0.2, 0.25) is 0 Å². The van der Waals surface area contributed by atoms with Gasteiger partial charge in [0.2, 0.25) is 0 Å². The van der Waals surface area contributed by atoms with Crippen molar-refractivity contribution >= 4 is 30.0 Å². The molecular formula is C18H19BN2O6. The van der Waals surface area contributed by atoms with Crippen LogP contribution in [-0.4, -0.2) is 30.3 Å². The fraction of sp³-hybridized carbons (Fsp3) is 0.278. The Morgan fingerprint density at radius 3 is 2.26 bits per heavy atom. The summed E-state index contributed by atoms with van der Waals surface area (Å²) in [5, 5.41) is 13.1. The van der Waals surface area contributed by atoms with E-state index in [0.717, 1.165) is 11.0 Å². The molecule has 0 radical (unpaired) electrons. The summed E-state index contributed by atoms with van der Waals surface area (Å²) in [6, 6.07) is 12.9. The third kappa shape index (κ3) is 4.84. The monoisotopic (exact) mass is 370 g/mol. The Morgan fingerprint density at radius 2 is 1.70 bits per heavy atom. The van der Waals surface area contributed by atoms with E-state index in [1.54, 1.807) is 0 Å². The summed E-state index contributed by atoms with van der Waals surface area (Å²) in [6.07, 6.45) is -0.555. The molecule has 2 atom stereocenters. The Morgan fingerprint density at radius 1 is 1.11 bits per heavy atom. The molecule has 27 heavy (non-hydrogen) atoms. The summed E-state index contributed by atoms with van der Waals surface area (Å²) in [7, 11) is -0.379. The van der Waals surface area contributed by atoms with Crippen molar-refractivity contribution in [1.82, 2.24) is 0 Å². The van der Waals surface area contributed by atoms with Crippen LogP contribution in [0.4, 0.5) is 16.2 Å². The fourth-order valence-electron chi connectivity index (χ4n) is 2.54. The number of carbonyl (C=O) groups excluding carboxylic acids is 1. The zero-order chi connectivity index (χ0) is 19.4. The van der Waals surface area contributed by atoms with Crippen molar-refractivity contribution < 1.29 is 23.8 Å². The van der Waals surface area contributed by atoms with Crippen molar-refractivity contribution in [2.45, 2.75) is 32.7 Å². The SMILES string of the molecule is CC1OB(c2ccc(COC(=O)Nc3ccc([N+](=O)[O-])cc3)cc2)OC1C. The molecule has 2 aromatic rings. The summed E-state index contributed by atoms with van der Waals surface area (Å²) in [5.74, 6) is 0. The molecule has 1 aliphatic rings. The van der Waals surface area contributed by atoms with Crippen LogP contribution in [0.15, 0.2) is 48.5 Å². The maximum absolute atomic E-state index is 11.8. The summed E-state index contributed by atoms with van der Waals surface area (Å²) < 4.78 is 16.6. The molecule has 0 bridgehead atoms. The van der Waals surface area contributed by atoms with Crippen LogP contribution in [0, 0.1) is 10.1 Å². The first-order chi connectivity index (χ1) is 12.9. The molecule has 0 aromatic heterocycles. The van der Waals surface area contributed by atoms with Crippen LogP contribution in [0.1, 0.15) is 19.4 Å². The molecule has 1 N–H and O–H groups in total. The molecule has 2 aromatic carbocycles. The third-order valence-corrected chi connectivity index (χ3v) is 4.28. The van der Waals surface area contributed by atoms with E-state index in [-0.39, 0.29) is 31.6 Å². The van der Waals surface area contributed by atoms with Gasteiger partial charge < -0.3 is 14.0 Å². The van der Waals surface area contributed by atoms with Gasteiger partial charge in [-0.05, 0) is 37.0 Å². The van der Waals surface area contributed by atoms with Gasteiger partial charge in [0.1, 0.15) is 6.61 Å². The highest BCUT2D eigenvalue weighted by Crippen LogP contribution is 2.17. The first-order valence-corrected chi connectivity index (χ1v) is 8.50. The van der Waals surface area contributed by atoms with E-state index >= 15 is 0 Å². The number of nitro groups is 1. The van der Waals surface area contributed by atoms with Gasteiger partial charge in [-0.25, -0.2) is 4.79 Å². The molecule has 1 fully saturated rings. The van der Waals surface area contributed by atoms with Gasteiger partial charge >= 0.3 is 13.2 Å². The minimum atomic E-state index is -0.641. The summed E-state index contributed by atoms with van der Waals surface area (Å²) in [6.45, 7) is 4.03. The first kappa shape index (κ1) is 18.9. The average molecular weight is 370 g/mol. The Hall–Kier alpha value is -2.91. The molecule has 3 rings (SSSR count). The number of amides is 1. The highest BCUT2D eigenvalue weighted by Gasteiger charge is 2.35. The smallest absolute Gasteiger partial charge is 0.444 e. The standard InChI is InChI=1S/C18H19BN2O6/c1-12-13(2)27-19(26-12)15-5-3-14(4-6-15)11-25-18(22)20-16-7-9-17(10-8-16)21(23)24/h3-10,12-13H,11H2,1-2H3,(H,20,22). The summed E-state index contributed by atoms with van der Waals surface area (Å²) in [4.78, 5) is 22.0. The lowest BCUT2D eigenvalue weighted by Gasteiger charge is -2.09. The predicted octanol–water partition coefficient (Wildman–Crippen LogP) is 2.86. The minimum Gasteiger partial charge on any atom is -0.444 e. The van der Waals surface area contributed by atoms with E-state index < -0.39 is 11.0 Å². The van der Waals surface area contributed by atoms with Gasteiger partial charge in [0.05, 0.1) is 17.1 Å². The lowest BCUT2D eigenvalue weighted by atomic mass is 9.79. The van der Waals surface area contributed by atoms with E-state index in [1.165, 1.54) is 24.3 Å². The second-order valence-electron chi connectivity index (χ2n) is 6.26. The number of benzene rings is 2. The molecule has 2 unspecified atom stereocenters. The Bertz CT molecular complexity index is 802. The van der Waals surface area contributed by atoms with Gasteiger partial charge in [0.15, 0.2) is 0 Å². The van der Waals surface area contributed by atoms with Gasteiger partial charge in [0, 0.05) is 17.8 Å². The van der Waals surface area contributed by atoms with E-state index in [4.69, 9.17) is 14.0 Å². The van der Waals surface area contributed by atoms with Crippen LogP contribution in [0.5, 0.6) is 0 Å². The zero-order valence-corrected chi connectivity index (χ0v) is 15.0.